The summed E-state index contributed by atoms with van der Waals surface area (Å²) in [5.74, 6) is -0.823. The fourth-order valence-corrected chi connectivity index (χ4v) is 3.04. The van der Waals surface area contributed by atoms with Gasteiger partial charge in [-0.15, -0.1) is 0 Å². The number of nitrogens with zero attached hydrogens (tertiary/aromatic N) is 2. The molecule has 1 saturated heterocycles. The lowest BCUT2D eigenvalue weighted by Gasteiger charge is -2.35. The Morgan fingerprint density at radius 3 is 2.77 bits per heavy atom. The van der Waals surface area contributed by atoms with E-state index < -0.39 is 5.97 Å². The monoisotopic (exact) mass is 367 g/mol. The zero-order chi connectivity index (χ0) is 18.9. The predicted molar refractivity (Wildman–Crippen MR) is 94.6 cm³/mol. The first-order valence-electron chi connectivity index (χ1n) is 8.73. The van der Waals surface area contributed by atoms with Gasteiger partial charge in [-0.05, 0) is 32.0 Å². The number of amides is 1. The predicted octanol–water partition coefficient (Wildman–Crippen LogP) is 0.802. The van der Waals surface area contributed by atoms with Crippen molar-refractivity contribution in [3.8, 4) is 5.75 Å². The molecule has 0 unspecified atom stereocenters. The minimum absolute atomic E-state index is 0.0382. The average molecular weight is 367 g/mol. The molecule has 2 rings (SSSR count). The topological polar surface area (TPSA) is 82.1 Å². The SMILES string of the molecule is CN(CC(=O)O)C1CCN(CC(=O)NCCOc2cccc(F)c2)CC1. The van der Waals surface area contributed by atoms with Crippen molar-refractivity contribution in [3.05, 3.63) is 30.1 Å². The Morgan fingerprint density at radius 2 is 2.12 bits per heavy atom. The van der Waals surface area contributed by atoms with Gasteiger partial charge >= 0.3 is 5.97 Å². The third-order valence-electron chi connectivity index (χ3n) is 4.42. The van der Waals surface area contributed by atoms with E-state index in [0.717, 1.165) is 25.9 Å². The van der Waals surface area contributed by atoms with E-state index in [2.05, 4.69) is 10.2 Å². The highest BCUT2D eigenvalue weighted by atomic mass is 19.1. The molecule has 0 spiro atoms. The molecule has 144 valence electrons. The zero-order valence-electron chi connectivity index (χ0n) is 15.0. The fraction of sp³-hybridized carbons (Fsp3) is 0.556. The molecule has 1 heterocycles. The van der Waals surface area contributed by atoms with Crippen LogP contribution in [0.3, 0.4) is 0 Å². The Hall–Kier alpha value is -2.19. The highest BCUT2D eigenvalue weighted by Crippen LogP contribution is 2.15. The van der Waals surface area contributed by atoms with Crippen LogP contribution in [0, 0.1) is 5.82 Å². The lowest BCUT2D eigenvalue weighted by atomic mass is 10.0. The van der Waals surface area contributed by atoms with Crippen molar-refractivity contribution in [2.75, 3.05) is 46.4 Å². The number of benzene rings is 1. The van der Waals surface area contributed by atoms with Crippen LogP contribution < -0.4 is 10.1 Å². The summed E-state index contributed by atoms with van der Waals surface area (Å²) in [5, 5.41) is 11.6. The Labute approximate surface area is 152 Å². The summed E-state index contributed by atoms with van der Waals surface area (Å²) in [6.45, 7) is 2.51. The van der Waals surface area contributed by atoms with Crippen LogP contribution in [0.15, 0.2) is 24.3 Å². The summed E-state index contributed by atoms with van der Waals surface area (Å²) in [4.78, 5) is 26.7. The number of carbonyl (C=O) groups excluding carboxylic acids is 1. The quantitative estimate of drug-likeness (QED) is 0.629. The van der Waals surface area contributed by atoms with Gasteiger partial charge in [-0.3, -0.25) is 19.4 Å². The number of likely N-dealkylation sites (tertiary alicyclic amines) is 1. The van der Waals surface area contributed by atoms with Crippen LogP contribution in [0.2, 0.25) is 0 Å². The summed E-state index contributed by atoms with van der Waals surface area (Å²) >= 11 is 0. The molecule has 0 bridgehead atoms. The number of likely N-dealkylation sites (N-methyl/N-ethyl adjacent to an activating group) is 1. The molecule has 26 heavy (non-hydrogen) atoms. The molecule has 1 amide bonds. The summed E-state index contributed by atoms with van der Waals surface area (Å²) in [5.41, 5.74) is 0. The number of hydrogen-bond donors (Lipinski definition) is 2. The fourth-order valence-electron chi connectivity index (χ4n) is 3.04. The zero-order valence-corrected chi connectivity index (χ0v) is 15.0. The minimum Gasteiger partial charge on any atom is -0.492 e. The largest absolute Gasteiger partial charge is 0.492 e. The number of nitrogens with one attached hydrogen (secondary N) is 1. The number of rotatable bonds is 9. The molecule has 1 aromatic carbocycles. The molecular weight excluding hydrogens is 341 g/mol. The number of carboxylic acids is 1. The highest BCUT2D eigenvalue weighted by molar-refractivity contribution is 5.78. The molecule has 1 aromatic rings. The molecule has 0 atom stereocenters. The molecule has 0 radical (unpaired) electrons. The Morgan fingerprint density at radius 1 is 1.38 bits per heavy atom. The van der Waals surface area contributed by atoms with Crippen molar-refractivity contribution in [2.24, 2.45) is 0 Å². The van der Waals surface area contributed by atoms with Gasteiger partial charge < -0.3 is 15.2 Å². The van der Waals surface area contributed by atoms with E-state index in [1.165, 1.54) is 12.1 Å². The van der Waals surface area contributed by atoms with E-state index in [-0.39, 0.29) is 30.9 Å². The first-order chi connectivity index (χ1) is 12.4. The molecule has 1 aliphatic rings. The van der Waals surface area contributed by atoms with E-state index in [1.807, 2.05) is 11.9 Å². The van der Waals surface area contributed by atoms with Crippen molar-refractivity contribution in [1.29, 1.82) is 0 Å². The number of carboxylic acid groups (broad SMARTS) is 1. The summed E-state index contributed by atoms with van der Waals surface area (Å²) in [6.07, 6.45) is 1.69. The summed E-state index contributed by atoms with van der Waals surface area (Å²) in [6, 6.07) is 6.12. The molecule has 2 N–H and O–H groups in total. The normalized spacial score (nSPS) is 15.8. The van der Waals surface area contributed by atoms with Crippen molar-refractivity contribution < 1.29 is 23.8 Å². The molecule has 0 aromatic heterocycles. The number of ether oxygens (including phenoxy) is 1. The van der Waals surface area contributed by atoms with E-state index in [1.54, 1.807) is 12.1 Å². The highest BCUT2D eigenvalue weighted by Gasteiger charge is 2.24. The maximum atomic E-state index is 13.0. The van der Waals surface area contributed by atoms with Gasteiger partial charge in [-0.2, -0.15) is 0 Å². The maximum absolute atomic E-state index is 13.0. The number of hydrogen-bond acceptors (Lipinski definition) is 5. The van der Waals surface area contributed by atoms with Crippen LogP contribution in [-0.2, 0) is 9.59 Å². The third-order valence-corrected chi connectivity index (χ3v) is 4.42. The second-order valence-electron chi connectivity index (χ2n) is 6.47. The lowest BCUT2D eigenvalue weighted by molar-refractivity contribution is -0.138. The molecular formula is C18H26FN3O4. The van der Waals surface area contributed by atoms with Gasteiger partial charge in [-0.1, -0.05) is 6.07 Å². The second-order valence-corrected chi connectivity index (χ2v) is 6.47. The number of aliphatic carboxylic acids is 1. The van der Waals surface area contributed by atoms with Crippen LogP contribution in [0.25, 0.3) is 0 Å². The van der Waals surface area contributed by atoms with Crippen LogP contribution in [0.4, 0.5) is 4.39 Å². The molecule has 1 aliphatic heterocycles. The Kier molecular flexibility index (Phi) is 7.80. The molecule has 8 heteroatoms. The van der Waals surface area contributed by atoms with Gasteiger partial charge in [0.15, 0.2) is 0 Å². The van der Waals surface area contributed by atoms with Gasteiger partial charge in [0, 0.05) is 25.2 Å². The van der Waals surface area contributed by atoms with Crippen LogP contribution in [-0.4, -0.2) is 79.2 Å². The minimum atomic E-state index is -0.824. The summed E-state index contributed by atoms with van der Waals surface area (Å²) < 4.78 is 18.4. The van der Waals surface area contributed by atoms with E-state index in [4.69, 9.17) is 9.84 Å². The van der Waals surface area contributed by atoms with E-state index >= 15 is 0 Å². The van der Waals surface area contributed by atoms with Gasteiger partial charge in [0.2, 0.25) is 5.91 Å². The van der Waals surface area contributed by atoms with Gasteiger partial charge in [-0.25, -0.2) is 4.39 Å². The smallest absolute Gasteiger partial charge is 0.317 e. The Bertz CT molecular complexity index is 606. The molecule has 1 fully saturated rings. The van der Waals surface area contributed by atoms with Crippen molar-refractivity contribution in [3.63, 3.8) is 0 Å². The van der Waals surface area contributed by atoms with Crippen LogP contribution in [0.1, 0.15) is 12.8 Å². The number of halogens is 1. The lowest BCUT2D eigenvalue weighted by Crippen LogP contribution is -2.47. The second kappa shape index (κ2) is 10.1. The van der Waals surface area contributed by atoms with Crippen LogP contribution in [0.5, 0.6) is 5.75 Å². The first kappa shape index (κ1) is 20.1. The number of piperidine rings is 1. The molecule has 0 saturated carbocycles. The van der Waals surface area contributed by atoms with Crippen molar-refractivity contribution in [2.45, 2.75) is 18.9 Å². The van der Waals surface area contributed by atoms with Gasteiger partial charge in [0.05, 0.1) is 19.6 Å². The summed E-state index contributed by atoms with van der Waals surface area (Å²) in [7, 11) is 1.82. The third kappa shape index (κ3) is 6.97. The average Bonchev–Trinajstić information content (AvgIpc) is 2.59. The van der Waals surface area contributed by atoms with E-state index in [0.29, 0.717) is 18.8 Å². The molecule has 0 aliphatic carbocycles. The van der Waals surface area contributed by atoms with Crippen LogP contribution >= 0.6 is 0 Å². The van der Waals surface area contributed by atoms with Gasteiger partial charge in [0.25, 0.3) is 0 Å². The standard InChI is InChI=1S/C18H26FN3O4/c1-21(13-18(24)25)15-5-8-22(9-6-15)12-17(23)20-7-10-26-16-4-2-3-14(19)11-16/h2-4,11,15H,5-10,12-13H2,1H3,(H,20,23)(H,24,25). The molecule has 7 nitrogen and oxygen atoms in total. The van der Waals surface area contributed by atoms with Crippen molar-refractivity contribution >= 4 is 11.9 Å². The Balaban J connectivity index is 1.59. The van der Waals surface area contributed by atoms with E-state index in [9.17, 15) is 14.0 Å². The van der Waals surface area contributed by atoms with Gasteiger partial charge in [0.1, 0.15) is 18.2 Å². The first-order valence-corrected chi connectivity index (χ1v) is 8.73. The van der Waals surface area contributed by atoms with Crippen molar-refractivity contribution in [1.82, 2.24) is 15.1 Å². The number of carbonyl (C=O) groups is 2. The maximum Gasteiger partial charge on any atom is 0.317 e.